The normalized spacial score (nSPS) is 19.7. The van der Waals surface area contributed by atoms with Crippen LogP contribution in [0.5, 0.6) is 0 Å². The Bertz CT molecular complexity index is 132. The molecule has 0 saturated carbocycles. The lowest BCUT2D eigenvalue weighted by molar-refractivity contribution is 0.152. The number of nitrogens with zero attached hydrogens (tertiary/aromatic N) is 1. The summed E-state index contributed by atoms with van der Waals surface area (Å²) in [6, 6.07) is 0. The van der Waals surface area contributed by atoms with E-state index in [9.17, 15) is 0 Å². The molecule has 0 bridgehead atoms. The fourth-order valence-electron chi connectivity index (χ4n) is 0.874. The third-order valence-corrected chi connectivity index (χ3v) is 1.43. The highest BCUT2D eigenvalue weighted by atomic mass is 16.5. The maximum atomic E-state index is 5.12. The highest BCUT2D eigenvalue weighted by Crippen LogP contribution is 1.96. The largest absolute Gasteiger partial charge is 0.371 e. The molecule has 10 heavy (non-hydrogen) atoms. The van der Waals surface area contributed by atoms with E-state index in [1.165, 1.54) is 0 Å². The van der Waals surface area contributed by atoms with Crippen molar-refractivity contribution in [2.75, 3.05) is 19.9 Å². The van der Waals surface area contributed by atoms with Gasteiger partial charge in [-0.3, -0.25) is 0 Å². The van der Waals surface area contributed by atoms with Crippen molar-refractivity contribution in [3.8, 4) is 0 Å². The average Bonchev–Trinajstić information content (AvgIpc) is 2.12. The van der Waals surface area contributed by atoms with Gasteiger partial charge in [-0.05, 0) is 0 Å². The third-order valence-electron chi connectivity index (χ3n) is 1.43. The lowest BCUT2D eigenvalue weighted by Gasteiger charge is -2.08. The Morgan fingerprint density at radius 1 is 1.60 bits per heavy atom. The molecule has 0 aromatic heterocycles. The molecule has 3 nitrogen and oxygen atoms in total. The molecule has 0 aromatic carbocycles. The van der Waals surface area contributed by atoms with Crippen molar-refractivity contribution in [1.82, 2.24) is 5.32 Å². The predicted molar refractivity (Wildman–Crippen MR) is 41.1 cm³/mol. The smallest absolute Gasteiger partial charge is 0.139 e. The third kappa shape index (κ3) is 1.99. The molecule has 0 radical (unpaired) electrons. The number of nitrogens with one attached hydrogen (secondary N) is 1. The summed E-state index contributed by atoms with van der Waals surface area (Å²) in [5, 5.41) is 3.21. The van der Waals surface area contributed by atoms with Gasteiger partial charge in [0, 0.05) is 12.5 Å². The first-order chi connectivity index (χ1) is 4.80. The van der Waals surface area contributed by atoms with E-state index in [-0.39, 0.29) is 0 Å². The van der Waals surface area contributed by atoms with Gasteiger partial charge in [0.1, 0.15) is 12.6 Å². The van der Waals surface area contributed by atoms with Crippen molar-refractivity contribution in [3.63, 3.8) is 0 Å². The lowest BCUT2D eigenvalue weighted by atomic mass is 10.2. The second kappa shape index (κ2) is 3.56. The van der Waals surface area contributed by atoms with Gasteiger partial charge in [0.2, 0.25) is 0 Å². The molecule has 0 fully saturated rings. The zero-order valence-corrected chi connectivity index (χ0v) is 6.55. The zero-order valence-electron chi connectivity index (χ0n) is 6.55. The van der Waals surface area contributed by atoms with Gasteiger partial charge in [0.25, 0.3) is 0 Å². The predicted octanol–water partition coefficient (Wildman–Crippen LogP) is 0.618. The fourth-order valence-corrected chi connectivity index (χ4v) is 0.874. The molecule has 0 aromatic rings. The van der Waals surface area contributed by atoms with Crippen molar-refractivity contribution in [3.05, 3.63) is 0 Å². The number of ether oxygens (including phenoxy) is 1. The van der Waals surface area contributed by atoms with E-state index in [1.807, 2.05) is 0 Å². The lowest BCUT2D eigenvalue weighted by Crippen LogP contribution is -2.29. The topological polar surface area (TPSA) is 33.6 Å². The summed E-state index contributed by atoms with van der Waals surface area (Å²) in [6.07, 6.45) is 0. The maximum absolute atomic E-state index is 5.12. The van der Waals surface area contributed by atoms with E-state index in [1.54, 1.807) is 0 Å². The van der Waals surface area contributed by atoms with Crippen LogP contribution in [0.25, 0.3) is 0 Å². The molecular weight excluding hydrogens is 128 g/mol. The second-order valence-corrected chi connectivity index (χ2v) is 2.66. The highest BCUT2D eigenvalue weighted by Gasteiger charge is 2.05. The Morgan fingerprint density at radius 3 is 3.10 bits per heavy atom. The van der Waals surface area contributed by atoms with Crippen LogP contribution in [-0.2, 0) is 4.74 Å². The van der Waals surface area contributed by atoms with Crippen LogP contribution in [0, 0.1) is 5.92 Å². The Hall–Kier alpha value is -0.570. The van der Waals surface area contributed by atoms with Crippen molar-refractivity contribution >= 4 is 5.84 Å². The number of amidine groups is 1. The van der Waals surface area contributed by atoms with E-state index in [0.29, 0.717) is 12.6 Å². The Balaban J connectivity index is 2.46. The SMILES string of the molecule is CC(C)C1=NCOCCN1. The van der Waals surface area contributed by atoms with Gasteiger partial charge in [0.05, 0.1) is 6.61 Å². The summed E-state index contributed by atoms with van der Waals surface area (Å²) in [5.74, 6) is 1.55. The summed E-state index contributed by atoms with van der Waals surface area (Å²) >= 11 is 0. The van der Waals surface area contributed by atoms with E-state index in [4.69, 9.17) is 4.74 Å². The Morgan fingerprint density at radius 2 is 2.40 bits per heavy atom. The quantitative estimate of drug-likeness (QED) is 0.582. The molecule has 1 aliphatic heterocycles. The van der Waals surface area contributed by atoms with Gasteiger partial charge in [-0.15, -0.1) is 0 Å². The van der Waals surface area contributed by atoms with Gasteiger partial charge in [-0.25, -0.2) is 4.99 Å². The van der Waals surface area contributed by atoms with Crippen LogP contribution in [0.15, 0.2) is 4.99 Å². The monoisotopic (exact) mass is 142 g/mol. The van der Waals surface area contributed by atoms with Gasteiger partial charge >= 0.3 is 0 Å². The number of aliphatic imine (C=N–C) groups is 1. The first-order valence-corrected chi connectivity index (χ1v) is 3.66. The van der Waals surface area contributed by atoms with E-state index in [2.05, 4.69) is 24.2 Å². The van der Waals surface area contributed by atoms with E-state index >= 15 is 0 Å². The van der Waals surface area contributed by atoms with Crippen molar-refractivity contribution in [2.24, 2.45) is 10.9 Å². The van der Waals surface area contributed by atoms with Crippen LogP contribution < -0.4 is 5.32 Å². The maximum Gasteiger partial charge on any atom is 0.139 e. The molecule has 3 heteroatoms. The van der Waals surface area contributed by atoms with Crippen LogP contribution in [0.3, 0.4) is 0 Å². The van der Waals surface area contributed by atoms with Crippen molar-refractivity contribution in [2.45, 2.75) is 13.8 Å². The molecule has 1 N–H and O–H groups in total. The molecule has 0 amide bonds. The van der Waals surface area contributed by atoms with Gasteiger partial charge in [-0.1, -0.05) is 13.8 Å². The molecule has 1 rings (SSSR count). The molecule has 0 atom stereocenters. The Labute approximate surface area is 61.5 Å². The second-order valence-electron chi connectivity index (χ2n) is 2.66. The minimum absolute atomic E-state index is 0.488. The molecule has 0 spiro atoms. The molecule has 58 valence electrons. The fraction of sp³-hybridized carbons (Fsp3) is 0.857. The van der Waals surface area contributed by atoms with E-state index in [0.717, 1.165) is 19.0 Å². The first kappa shape index (κ1) is 7.54. The summed E-state index contributed by atoms with van der Waals surface area (Å²) < 4.78 is 5.12. The highest BCUT2D eigenvalue weighted by molar-refractivity contribution is 5.83. The standard InChI is InChI=1S/C7H14N2O/c1-6(2)7-8-3-4-10-5-9-7/h6H,3-5H2,1-2H3,(H,8,9). The van der Waals surface area contributed by atoms with Crippen LogP contribution in [0.4, 0.5) is 0 Å². The summed E-state index contributed by atoms with van der Waals surface area (Å²) in [5.41, 5.74) is 0. The summed E-state index contributed by atoms with van der Waals surface area (Å²) in [7, 11) is 0. The summed E-state index contributed by atoms with van der Waals surface area (Å²) in [6.45, 7) is 6.41. The first-order valence-electron chi connectivity index (χ1n) is 3.66. The molecule has 0 unspecified atom stereocenters. The van der Waals surface area contributed by atoms with Crippen LogP contribution in [-0.4, -0.2) is 25.7 Å². The van der Waals surface area contributed by atoms with Crippen molar-refractivity contribution in [1.29, 1.82) is 0 Å². The van der Waals surface area contributed by atoms with Crippen LogP contribution in [0.1, 0.15) is 13.8 Å². The number of hydrogen-bond donors (Lipinski definition) is 1. The number of hydrogen-bond acceptors (Lipinski definition) is 3. The van der Waals surface area contributed by atoms with Gasteiger partial charge in [-0.2, -0.15) is 0 Å². The van der Waals surface area contributed by atoms with Crippen molar-refractivity contribution < 1.29 is 4.74 Å². The Kier molecular flexibility index (Phi) is 2.68. The van der Waals surface area contributed by atoms with E-state index < -0.39 is 0 Å². The molecule has 0 aliphatic carbocycles. The van der Waals surface area contributed by atoms with Gasteiger partial charge < -0.3 is 10.1 Å². The average molecular weight is 142 g/mol. The molecule has 0 saturated heterocycles. The molecule has 1 heterocycles. The minimum atomic E-state index is 0.488. The zero-order chi connectivity index (χ0) is 7.40. The summed E-state index contributed by atoms with van der Waals surface area (Å²) in [4.78, 5) is 4.21. The van der Waals surface area contributed by atoms with Crippen LogP contribution in [0.2, 0.25) is 0 Å². The minimum Gasteiger partial charge on any atom is -0.371 e. The molecule has 1 aliphatic rings. The molecular formula is C7H14N2O. The van der Waals surface area contributed by atoms with Crippen LogP contribution >= 0.6 is 0 Å². The van der Waals surface area contributed by atoms with Gasteiger partial charge in [0.15, 0.2) is 0 Å². The number of rotatable bonds is 1.